The summed E-state index contributed by atoms with van der Waals surface area (Å²) < 4.78 is 33.8. The number of nitrogens with zero attached hydrogens (tertiary/aromatic N) is 2. The van der Waals surface area contributed by atoms with Gasteiger partial charge >= 0.3 is 5.97 Å². The predicted molar refractivity (Wildman–Crippen MR) is 92.7 cm³/mol. The molecule has 1 aromatic carbocycles. The van der Waals surface area contributed by atoms with E-state index in [1.54, 1.807) is 0 Å². The molecule has 3 rings (SSSR count). The third kappa shape index (κ3) is 3.41. The summed E-state index contributed by atoms with van der Waals surface area (Å²) in [5, 5.41) is 9.41. The molecule has 2 fully saturated rings. The van der Waals surface area contributed by atoms with Crippen LogP contribution >= 0.6 is 11.6 Å². The Bertz CT molecular complexity index is 798. The van der Waals surface area contributed by atoms with Gasteiger partial charge in [0.05, 0.1) is 29.2 Å². The van der Waals surface area contributed by atoms with Crippen LogP contribution in [0.1, 0.15) is 22.3 Å². The molecule has 2 aliphatic rings. The highest BCUT2D eigenvalue weighted by Gasteiger charge is 2.43. The van der Waals surface area contributed by atoms with Crippen LogP contribution in [-0.4, -0.2) is 74.1 Å². The molecular formula is C16H21ClN2O5S. The number of piperidine rings is 1. The number of fused-ring (bicyclic) bond motifs is 1. The van der Waals surface area contributed by atoms with Crippen molar-refractivity contribution in [3.63, 3.8) is 0 Å². The Hall–Kier alpha value is -1.19. The summed E-state index contributed by atoms with van der Waals surface area (Å²) in [6.45, 7) is 3.50. The lowest BCUT2D eigenvalue weighted by molar-refractivity contribution is -0.0719. The average molecular weight is 389 g/mol. The summed E-state index contributed by atoms with van der Waals surface area (Å²) in [6.07, 6.45) is 0.625. The van der Waals surface area contributed by atoms with Crippen LogP contribution in [-0.2, 0) is 14.8 Å². The van der Waals surface area contributed by atoms with Crippen LogP contribution < -0.4 is 0 Å². The second-order valence-electron chi connectivity index (χ2n) is 6.52. The molecule has 0 amide bonds. The number of aromatic carboxylic acids is 1. The number of ether oxygens (including phenoxy) is 1. The summed E-state index contributed by atoms with van der Waals surface area (Å²) in [7, 11) is -1.94. The van der Waals surface area contributed by atoms with Crippen LogP contribution in [0.3, 0.4) is 0 Å². The zero-order valence-electron chi connectivity index (χ0n) is 14.1. The molecule has 0 aromatic heterocycles. The topological polar surface area (TPSA) is 87.1 Å². The van der Waals surface area contributed by atoms with Gasteiger partial charge in [0.15, 0.2) is 0 Å². The minimum absolute atomic E-state index is 0.0497. The Morgan fingerprint density at radius 1 is 1.36 bits per heavy atom. The molecule has 2 atom stereocenters. The quantitative estimate of drug-likeness (QED) is 0.843. The van der Waals surface area contributed by atoms with E-state index < -0.39 is 16.0 Å². The zero-order valence-corrected chi connectivity index (χ0v) is 15.7. The van der Waals surface area contributed by atoms with Crippen LogP contribution in [0.25, 0.3) is 0 Å². The first-order chi connectivity index (χ1) is 11.7. The van der Waals surface area contributed by atoms with Crippen molar-refractivity contribution in [2.75, 3.05) is 33.3 Å². The van der Waals surface area contributed by atoms with Gasteiger partial charge in [-0.25, -0.2) is 13.2 Å². The van der Waals surface area contributed by atoms with Crippen LogP contribution in [0, 0.1) is 6.92 Å². The molecule has 0 bridgehead atoms. The molecule has 1 aromatic rings. The van der Waals surface area contributed by atoms with E-state index in [1.807, 2.05) is 7.05 Å². The van der Waals surface area contributed by atoms with Gasteiger partial charge < -0.3 is 14.7 Å². The van der Waals surface area contributed by atoms with E-state index in [9.17, 15) is 18.3 Å². The summed E-state index contributed by atoms with van der Waals surface area (Å²) in [5.41, 5.74) is 0.0979. The van der Waals surface area contributed by atoms with E-state index in [0.717, 1.165) is 13.0 Å². The van der Waals surface area contributed by atoms with E-state index in [4.69, 9.17) is 16.3 Å². The zero-order chi connectivity index (χ0) is 18.4. The minimum atomic E-state index is -3.89. The SMILES string of the molecule is Cc1c(C(=O)O)cc(Cl)cc1S(=O)(=O)N1CCOC2CCN(C)CC21. The maximum atomic E-state index is 13.3. The number of benzene rings is 1. The largest absolute Gasteiger partial charge is 0.478 e. The summed E-state index contributed by atoms with van der Waals surface area (Å²) in [6, 6.07) is 2.31. The molecule has 25 heavy (non-hydrogen) atoms. The molecule has 7 nitrogen and oxygen atoms in total. The second-order valence-corrected chi connectivity index (χ2v) is 8.82. The third-order valence-corrected chi connectivity index (χ3v) is 7.15. The Morgan fingerprint density at radius 2 is 2.08 bits per heavy atom. The van der Waals surface area contributed by atoms with Crippen molar-refractivity contribution in [1.29, 1.82) is 0 Å². The lowest BCUT2D eigenvalue weighted by atomic mass is 10.0. The van der Waals surface area contributed by atoms with Gasteiger partial charge in [0.25, 0.3) is 0 Å². The number of sulfonamides is 1. The number of hydrogen-bond donors (Lipinski definition) is 1. The number of carbonyl (C=O) groups is 1. The molecular weight excluding hydrogens is 368 g/mol. The van der Waals surface area contributed by atoms with E-state index >= 15 is 0 Å². The number of halogens is 1. The normalized spacial score (nSPS) is 25.6. The van der Waals surface area contributed by atoms with Crippen molar-refractivity contribution in [2.24, 2.45) is 0 Å². The summed E-state index contributed by atoms with van der Waals surface area (Å²) >= 11 is 5.99. The van der Waals surface area contributed by atoms with Gasteiger partial charge in [0, 0.05) is 24.7 Å². The Balaban J connectivity index is 2.05. The molecule has 2 saturated heterocycles. The van der Waals surface area contributed by atoms with Crippen LogP contribution in [0.5, 0.6) is 0 Å². The number of hydrogen-bond acceptors (Lipinski definition) is 5. The van der Waals surface area contributed by atoms with E-state index in [1.165, 1.54) is 23.4 Å². The van der Waals surface area contributed by atoms with Crippen molar-refractivity contribution < 1.29 is 23.1 Å². The maximum absolute atomic E-state index is 13.3. The maximum Gasteiger partial charge on any atom is 0.336 e. The number of carboxylic acids is 1. The van der Waals surface area contributed by atoms with Gasteiger partial charge in [0.1, 0.15) is 0 Å². The number of likely N-dealkylation sites (N-methyl/N-ethyl adjacent to an activating group) is 1. The van der Waals surface area contributed by atoms with Gasteiger partial charge in [-0.1, -0.05) is 11.6 Å². The Labute approximate surface area is 152 Å². The summed E-state index contributed by atoms with van der Waals surface area (Å²) in [4.78, 5) is 13.4. The van der Waals surface area contributed by atoms with Crippen molar-refractivity contribution >= 4 is 27.6 Å². The number of morpholine rings is 1. The van der Waals surface area contributed by atoms with E-state index in [2.05, 4.69) is 4.90 Å². The average Bonchev–Trinajstić information content (AvgIpc) is 2.55. The third-order valence-electron chi connectivity index (χ3n) is 4.88. The first-order valence-corrected chi connectivity index (χ1v) is 9.89. The van der Waals surface area contributed by atoms with Gasteiger partial charge in [-0.05, 0) is 38.1 Å². The van der Waals surface area contributed by atoms with Gasteiger partial charge in [-0.2, -0.15) is 4.31 Å². The highest BCUT2D eigenvalue weighted by atomic mass is 35.5. The highest BCUT2D eigenvalue weighted by Crippen LogP contribution is 2.32. The molecule has 0 saturated carbocycles. The fourth-order valence-electron chi connectivity index (χ4n) is 3.57. The van der Waals surface area contributed by atoms with Crippen molar-refractivity contribution in [2.45, 2.75) is 30.4 Å². The van der Waals surface area contributed by atoms with Gasteiger partial charge in [-0.3, -0.25) is 0 Å². The molecule has 1 N–H and O–H groups in total. The minimum Gasteiger partial charge on any atom is -0.478 e. The lowest BCUT2D eigenvalue weighted by Crippen LogP contribution is -2.60. The molecule has 0 spiro atoms. The van der Waals surface area contributed by atoms with Crippen LogP contribution in [0.2, 0.25) is 5.02 Å². The first kappa shape index (κ1) is 18.6. The van der Waals surface area contributed by atoms with Crippen molar-refractivity contribution in [3.05, 3.63) is 28.3 Å². The lowest BCUT2D eigenvalue weighted by Gasteiger charge is -2.45. The fraction of sp³-hybridized carbons (Fsp3) is 0.562. The van der Waals surface area contributed by atoms with Crippen molar-refractivity contribution in [3.8, 4) is 0 Å². The number of rotatable bonds is 3. The van der Waals surface area contributed by atoms with Gasteiger partial charge in [0.2, 0.25) is 10.0 Å². The molecule has 9 heteroatoms. The molecule has 2 heterocycles. The van der Waals surface area contributed by atoms with Gasteiger partial charge in [-0.15, -0.1) is 0 Å². The molecule has 2 aliphatic heterocycles. The van der Waals surface area contributed by atoms with Crippen molar-refractivity contribution in [1.82, 2.24) is 9.21 Å². The van der Waals surface area contributed by atoms with E-state index in [-0.39, 0.29) is 39.7 Å². The van der Waals surface area contributed by atoms with Crippen LogP contribution in [0.15, 0.2) is 17.0 Å². The fourth-order valence-corrected chi connectivity index (χ4v) is 5.75. The smallest absolute Gasteiger partial charge is 0.336 e. The Morgan fingerprint density at radius 3 is 2.76 bits per heavy atom. The first-order valence-electron chi connectivity index (χ1n) is 8.07. The predicted octanol–water partition coefficient (Wildman–Crippen LogP) is 1.44. The second kappa shape index (κ2) is 6.85. The molecule has 2 unspecified atom stereocenters. The van der Waals surface area contributed by atoms with Crippen LogP contribution in [0.4, 0.5) is 0 Å². The molecule has 138 valence electrons. The number of carboxylic acid groups (broad SMARTS) is 1. The standard InChI is InChI=1S/C16H21ClN2O5S/c1-10-12(16(20)21)7-11(17)8-15(10)25(22,23)19-5-6-24-14-3-4-18(2)9-13(14)19/h7-8,13-14H,3-6,9H2,1-2H3,(H,20,21). The molecule has 0 aliphatic carbocycles. The van der Waals surface area contributed by atoms with E-state index in [0.29, 0.717) is 13.2 Å². The Kier molecular flexibility index (Phi) is 5.09. The molecule has 0 radical (unpaired) electrons. The summed E-state index contributed by atoms with van der Waals surface area (Å²) in [5.74, 6) is -1.20. The highest BCUT2D eigenvalue weighted by molar-refractivity contribution is 7.89. The number of likely N-dealkylation sites (tertiary alicyclic amines) is 1. The monoisotopic (exact) mass is 388 g/mol.